The molecule has 2 fully saturated rings. The number of aryl methyl sites for hydroxylation is 1. The normalized spacial score (nSPS) is 24.9. The highest BCUT2D eigenvalue weighted by Gasteiger charge is 2.34. The van der Waals surface area contributed by atoms with Crippen LogP contribution in [0.4, 0.5) is 5.95 Å². The quantitative estimate of drug-likeness (QED) is 0.768. The monoisotopic (exact) mass is 342 g/mol. The standard InChI is InChI=1S/C18H26N6O/c1-24-16(17(25)11-2-3-11)14(10-21-24)15-8-9-20-18(23-15)22-13-6-4-12(19)5-7-13/h8-13,17,25H,2-7,19H2,1H3,(H,20,22,23). The Labute approximate surface area is 147 Å². The first-order chi connectivity index (χ1) is 12.1. The number of aliphatic hydroxyl groups excluding tert-OH is 1. The van der Waals surface area contributed by atoms with Crippen LogP contribution in [0.15, 0.2) is 18.5 Å². The van der Waals surface area contributed by atoms with Crippen LogP contribution in [0.25, 0.3) is 11.3 Å². The second-order valence-corrected chi connectivity index (χ2v) is 7.37. The first-order valence-corrected chi connectivity index (χ1v) is 9.17. The summed E-state index contributed by atoms with van der Waals surface area (Å²) in [5.74, 6) is 0.980. The molecule has 0 bridgehead atoms. The third-order valence-corrected chi connectivity index (χ3v) is 5.37. The Morgan fingerprint density at radius 1 is 1.24 bits per heavy atom. The molecule has 4 N–H and O–H groups in total. The predicted molar refractivity (Wildman–Crippen MR) is 95.8 cm³/mol. The molecule has 0 amide bonds. The molecule has 1 unspecified atom stereocenters. The number of aromatic nitrogens is 4. The number of rotatable bonds is 5. The smallest absolute Gasteiger partial charge is 0.223 e. The zero-order valence-corrected chi connectivity index (χ0v) is 14.6. The zero-order chi connectivity index (χ0) is 17.4. The van der Waals surface area contributed by atoms with Crippen LogP contribution in [0.2, 0.25) is 0 Å². The van der Waals surface area contributed by atoms with E-state index in [9.17, 15) is 5.11 Å². The van der Waals surface area contributed by atoms with Crippen molar-refractivity contribution in [1.82, 2.24) is 19.7 Å². The summed E-state index contributed by atoms with van der Waals surface area (Å²) in [4.78, 5) is 9.04. The van der Waals surface area contributed by atoms with Crippen LogP contribution >= 0.6 is 0 Å². The molecule has 25 heavy (non-hydrogen) atoms. The minimum atomic E-state index is -0.478. The average molecular weight is 342 g/mol. The van der Waals surface area contributed by atoms with Crippen molar-refractivity contribution in [2.75, 3.05) is 5.32 Å². The van der Waals surface area contributed by atoms with Crippen molar-refractivity contribution in [3.63, 3.8) is 0 Å². The van der Waals surface area contributed by atoms with E-state index in [1.54, 1.807) is 17.1 Å². The highest BCUT2D eigenvalue weighted by atomic mass is 16.3. The summed E-state index contributed by atoms with van der Waals surface area (Å²) >= 11 is 0. The predicted octanol–water partition coefficient (Wildman–Crippen LogP) is 2.00. The van der Waals surface area contributed by atoms with Gasteiger partial charge in [0.2, 0.25) is 5.95 Å². The van der Waals surface area contributed by atoms with Crippen LogP contribution in [0.1, 0.15) is 50.3 Å². The van der Waals surface area contributed by atoms with Crippen molar-refractivity contribution in [1.29, 1.82) is 0 Å². The van der Waals surface area contributed by atoms with Gasteiger partial charge in [-0.05, 0) is 50.5 Å². The van der Waals surface area contributed by atoms with Crippen LogP contribution in [0.3, 0.4) is 0 Å². The summed E-state index contributed by atoms with van der Waals surface area (Å²) in [6.45, 7) is 0. The van der Waals surface area contributed by atoms with Crippen molar-refractivity contribution in [3.05, 3.63) is 24.2 Å². The third-order valence-electron chi connectivity index (χ3n) is 5.37. The first kappa shape index (κ1) is 16.5. The Hall–Kier alpha value is -1.99. The Bertz CT molecular complexity index is 733. The zero-order valence-electron chi connectivity index (χ0n) is 14.6. The molecule has 4 rings (SSSR count). The topological polar surface area (TPSA) is 102 Å². The van der Waals surface area contributed by atoms with Crippen LogP contribution < -0.4 is 11.1 Å². The molecule has 2 heterocycles. The van der Waals surface area contributed by atoms with Crippen molar-refractivity contribution < 1.29 is 5.11 Å². The molecule has 0 spiro atoms. The van der Waals surface area contributed by atoms with Gasteiger partial charge in [0.25, 0.3) is 0 Å². The molecule has 0 radical (unpaired) electrons. The second-order valence-electron chi connectivity index (χ2n) is 7.37. The SMILES string of the molecule is Cn1ncc(-c2ccnc(NC3CCC(N)CC3)n2)c1C(O)C1CC1. The second kappa shape index (κ2) is 6.72. The lowest BCUT2D eigenvalue weighted by Gasteiger charge is -2.26. The molecule has 2 aromatic heterocycles. The Morgan fingerprint density at radius 2 is 2.00 bits per heavy atom. The van der Waals surface area contributed by atoms with Gasteiger partial charge >= 0.3 is 0 Å². The maximum Gasteiger partial charge on any atom is 0.223 e. The van der Waals surface area contributed by atoms with E-state index in [1.165, 1.54) is 0 Å². The fourth-order valence-electron chi connectivity index (χ4n) is 3.65. The van der Waals surface area contributed by atoms with Gasteiger partial charge in [0.15, 0.2) is 0 Å². The molecule has 1 atom stereocenters. The molecule has 2 aliphatic carbocycles. The summed E-state index contributed by atoms with van der Waals surface area (Å²) in [6, 6.07) is 2.58. The lowest BCUT2D eigenvalue weighted by molar-refractivity contribution is 0.145. The molecule has 7 nitrogen and oxygen atoms in total. The number of hydrogen-bond acceptors (Lipinski definition) is 6. The molecular formula is C18H26N6O. The van der Waals surface area contributed by atoms with Gasteiger partial charge in [-0.15, -0.1) is 0 Å². The van der Waals surface area contributed by atoms with Gasteiger partial charge in [0, 0.05) is 30.9 Å². The summed E-state index contributed by atoms with van der Waals surface area (Å²) in [6.07, 6.45) is 9.40. The first-order valence-electron chi connectivity index (χ1n) is 9.17. The van der Waals surface area contributed by atoms with Crippen LogP contribution in [-0.4, -0.2) is 36.9 Å². The van der Waals surface area contributed by atoms with Crippen molar-refractivity contribution in [2.45, 2.75) is 56.7 Å². The lowest BCUT2D eigenvalue weighted by Crippen LogP contribution is -2.33. The molecule has 2 aromatic rings. The number of nitrogens with one attached hydrogen (secondary N) is 1. The average Bonchev–Trinajstić information content (AvgIpc) is 3.39. The van der Waals surface area contributed by atoms with E-state index in [0.717, 1.165) is 55.5 Å². The van der Waals surface area contributed by atoms with Gasteiger partial charge in [-0.1, -0.05) is 0 Å². The summed E-state index contributed by atoms with van der Waals surface area (Å²) in [7, 11) is 1.87. The van der Waals surface area contributed by atoms with Crippen LogP contribution in [0.5, 0.6) is 0 Å². The summed E-state index contributed by atoms with van der Waals surface area (Å²) < 4.78 is 1.76. The van der Waals surface area contributed by atoms with Crippen molar-refractivity contribution >= 4 is 5.95 Å². The number of nitrogens with two attached hydrogens (primary N) is 1. The fourth-order valence-corrected chi connectivity index (χ4v) is 3.65. The lowest BCUT2D eigenvalue weighted by atomic mass is 9.92. The van der Waals surface area contributed by atoms with Crippen LogP contribution in [-0.2, 0) is 7.05 Å². The van der Waals surface area contributed by atoms with Gasteiger partial charge in [-0.25, -0.2) is 9.97 Å². The van der Waals surface area contributed by atoms with E-state index in [0.29, 0.717) is 23.9 Å². The highest BCUT2D eigenvalue weighted by molar-refractivity contribution is 5.63. The van der Waals surface area contributed by atoms with Gasteiger partial charge in [0.1, 0.15) is 0 Å². The maximum absolute atomic E-state index is 10.6. The molecule has 134 valence electrons. The Kier molecular flexibility index (Phi) is 4.43. The minimum Gasteiger partial charge on any atom is -0.387 e. The van der Waals surface area contributed by atoms with E-state index >= 15 is 0 Å². The van der Waals surface area contributed by atoms with Gasteiger partial charge in [-0.2, -0.15) is 5.10 Å². The summed E-state index contributed by atoms with van der Waals surface area (Å²) in [5, 5.41) is 18.4. The fraction of sp³-hybridized carbons (Fsp3) is 0.611. The van der Waals surface area contributed by atoms with E-state index in [-0.39, 0.29) is 0 Å². The van der Waals surface area contributed by atoms with Gasteiger partial charge in [0.05, 0.1) is 23.7 Å². The molecule has 2 saturated carbocycles. The number of hydrogen-bond donors (Lipinski definition) is 3. The van der Waals surface area contributed by atoms with Crippen LogP contribution in [0, 0.1) is 5.92 Å². The highest BCUT2D eigenvalue weighted by Crippen LogP contribution is 2.43. The van der Waals surface area contributed by atoms with Gasteiger partial charge < -0.3 is 16.2 Å². The molecule has 2 aliphatic rings. The van der Waals surface area contributed by atoms with Crippen molar-refractivity contribution in [3.8, 4) is 11.3 Å². The molecule has 7 heteroatoms. The number of nitrogens with zero attached hydrogens (tertiary/aromatic N) is 4. The van der Waals surface area contributed by atoms with E-state index in [4.69, 9.17) is 5.73 Å². The minimum absolute atomic E-state index is 0.326. The molecule has 0 aliphatic heterocycles. The number of aliphatic hydroxyl groups is 1. The third kappa shape index (κ3) is 3.52. The summed E-state index contributed by atoms with van der Waals surface area (Å²) in [5.41, 5.74) is 8.50. The number of anilines is 1. The Balaban J connectivity index is 1.55. The molecular weight excluding hydrogens is 316 g/mol. The van der Waals surface area contributed by atoms with E-state index < -0.39 is 6.10 Å². The van der Waals surface area contributed by atoms with E-state index in [1.807, 2.05) is 13.1 Å². The molecule has 0 saturated heterocycles. The Morgan fingerprint density at radius 3 is 2.72 bits per heavy atom. The van der Waals surface area contributed by atoms with Gasteiger partial charge in [-0.3, -0.25) is 4.68 Å². The largest absolute Gasteiger partial charge is 0.387 e. The van der Waals surface area contributed by atoms with E-state index in [2.05, 4.69) is 20.4 Å². The van der Waals surface area contributed by atoms with Crippen molar-refractivity contribution in [2.24, 2.45) is 18.7 Å². The molecule has 0 aromatic carbocycles. The maximum atomic E-state index is 10.6.